The number of nitrogens with zero attached hydrogens (tertiary/aromatic N) is 1. The Morgan fingerprint density at radius 1 is 1.27 bits per heavy atom. The van der Waals surface area contributed by atoms with E-state index in [-0.39, 0.29) is 24.1 Å². The largest absolute Gasteiger partial charge is 0.467 e. The van der Waals surface area contributed by atoms with Crippen LogP contribution in [0.25, 0.3) is 0 Å². The second-order valence-electron chi connectivity index (χ2n) is 6.38. The molecule has 140 valence electrons. The summed E-state index contributed by atoms with van der Waals surface area (Å²) in [6, 6.07) is 10.3. The van der Waals surface area contributed by atoms with Crippen LogP contribution in [-0.4, -0.2) is 31.7 Å². The van der Waals surface area contributed by atoms with Gasteiger partial charge in [-0.05, 0) is 42.7 Å². The van der Waals surface area contributed by atoms with Crippen LogP contribution in [0.1, 0.15) is 24.2 Å². The molecule has 2 aromatic rings. The highest BCUT2D eigenvalue weighted by Gasteiger charge is 2.32. The van der Waals surface area contributed by atoms with Crippen molar-refractivity contribution in [2.75, 3.05) is 13.1 Å². The van der Waals surface area contributed by atoms with Gasteiger partial charge in [-0.3, -0.25) is 4.79 Å². The quantitative estimate of drug-likeness (QED) is 0.814. The number of piperidine rings is 1. The second-order valence-corrected chi connectivity index (χ2v) is 8.78. The van der Waals surface area contributed by atoms with Crippen LogP contribution in [0.15, 0.2) is 47.1 Å². The molecular weight excluding hydrogens is 376 g/mol. The van der Waals surface area contributed by atoms with Crippen molar-refractivity contribution >= 4 is 27.5 Å². The molecule has 1 saturated heterocycles. The number of hydrogen-bond donors (Lipinski definition) is 1. The zero-order valence-electron chi connectivity index (χ0n) is 14.2. The molecule has 1 aliphatic heterocycles. The van der Waals surface area contributed by atoms with Crippen LogP contribution in [0.5, 0.6) is 0 Å². The van der Waals surface area contributed by atoms with Gasteiger partial charge in [0.2, 0.25) is 15.9 Å². The van der Waals surface area contributed by atoms with Crippen molar-refractivity contribution in [2.24, 2.45) is 5.92 Å². The maximum Gasteiger partial charge on any atom is 0.224 e. The third-order valence-corrected chi connectivity index (χ3v) is 6.50. The number of carbonyl (C=O) groups excluding carboxylic acids is 1. The van der Waals surface area contributed by atoms with E-state index in [1.807, 2.05) is 0 Å². The van der Waals surface area contributed by atoms with Gasteiger partial charge in [0.25, 0.3) is 0 Å². The van der Waals surface area contributed by atoms with Crippen LogP contribution in [0.4, 0.5) is 0 Å². The van der Waals surface area contributed by atoms with Crippen LogP contribution >= 0.6 is 11.6 Å². The first-order chi connectivity index (χ1) is 12.4. The first-order valence-electron chi connectivity index (χ1n) is 8.46. The van der Waals surface area contributed by atoms with E-state index < -0.39 is 10.0 Å². The molecule has 6 nitrogen and oxygen atoms in total. The van der Waals surface area contributed by atoms with Crippen molar-refractivity contribution < 1.29 is 17.6 Å². The third-order valence-electron chi connectivity index (χ3n) is 4.43. The minimum absolute atomic E-state index is 0.0924. The highest BCUT2D eigenvalue weighted by molar-refractivity contribution is 7.88. The summed E-state index contributed by atoms with van der Waals surface area (Å²) >= 11 is 5.84. The van der Waals surface area contributed by atoms with Gasteiger partial charge in [0.15, 0.2) is 0 Å². The van der Waals surface area contributed by atoms with Crippen LogP contribution in [0, 0.1) is 5.92 Å². The van der Waals surface area contributed by atoms with E-state index in [0.717, 1.165) is 0 Å². The predicted octanol–water partition coefficient (Wildman–Crippen LogP) is 2.79. The van der Waals surface area contributed by atoms with Gasteiger partial charge in [-0.2, -0.15) is 0 Å². The van der Waals surface area contributed by atoms with E-state index in [1.54, 1.807) is 42.7 Å². The highest BCUT2D eigenvalue weighted by Crippen LogP contribution is 2.22. The minimum atomic E-state index is -3.48. The van der Waals surface area contributed by atoms with Gasteiger partial charge in [0.05, 0.1) is 24.5 Å². The van der Waals surface area contributed by atoms with E-state index in [1.165, 1.54) is 4.31 Å². The number of hydrogen-bond acceptors (Lipinski definition) is 4. The molecule has 1 fully saturated rings. The fraction of sp³-hybridized carbons (Fsp3) is 0.389. The van der Waals surface area contributed by atoms with Crippen molar-refractivity contribution in [1.29, 1.82) is 0 Å². The van der Waals surface area contributed by atoms with Gasteiger partial charge < -0.3 is 9.73 Å². The normalized spacial score (nSPS) is 18.6. The Balaban J connectivity index is 1.59. The minimum Gasteiger partial charge on any atom is -0.467 e. The van der Waals surface area contributed by atoms with Gasteiger partial charge in [-0.15, -0.1) is 0 Å². The van der Waals surface area contributed by atoms with E-state index in [0.29, 0.717) is 42.3 Å². The molecule has 1 N–H and O–H groups in total. The molecule has 0 radical (unpaired) electrons. The first kappa shape index (κ1) is 18.9. The second kappa shape index (κ2) is 8.24. The molecule has 1 aliphatic rings. The number of carbonyl (C=O) groups is 1. The topological polar surface area (TPSA) is 79.6 Å². The molecule has 1 atom stereocenters. The summed E-state index contributed by atoms with van der Waals surface area (Å²) in [5.74, 6) is 0.0816. The molecule has 1 aromatic carbocycles. The van der Waals surface area contributed by atoms with Crippen LogP contribution < -0.4 is 5.32 Å². The smallest absolute Gasteiger partial charge is 0.224 e. The lowest BCUT2D eigenvalue weighted by atomic mass is 9.99. The molecule has 3 rings (SSSR count). The number of sulfonamides is 1. The summed E-state index contributed by atoms with van der Waals surface area (Å²) in [5, 5.41) is 3.38. The van der Waals surface area contributed by atoms with Crippen LogP contribution in [0.3, 0.4) is 0 Å². The molecule has 1 aromatic heterocycles. The zero-order valence-corrected chi connectivity index (χ0v) is 15.8. The Labute approximate surface area is 158 Å². The summed E-state index contributed by atoms with van der Waals surface area (Å²) in [6.07, 6.45) is 2.89. The average molecular weight is 397 g/mol. The van der Waals surface area contributed by atoms with Gasteiger partial charge >= 0.3 is 0 Å². The third kappa shape index (κ3) is 4.87. The Morgan fingerprint density at radius 3 is 2.73 bits per heavy atom. The lowest BCUT2D eigenvalue weighted by molar-refractivity contribution is -0.126. The van der Waals surface area contributed by atoms with Gasteiger partial charge in [-0.25, -0.2) is 12.7 Å². The van der Waals surface area contributed by atoms with Gasteiger partial charge in [-0.1, -0.05) is 23.7 Å². The highest BCUT2D eigenvalue weighted by atomic mass is 35.5. The predicted molar refractivity (Wildman–Crippen MR) is 98.9 cm³/mol. The summed E-state index contributed by atoms with van der Waals surface area (Å²) < 4.78 is 32.0. The summed E-state index contributed by atoms with van der Waals surface area (Å²) in [5.41, 5.74) is 0.679. The monoisotopic (exact) mass is 396 g/mol. The fourth-order valence-corrected chi connectivity index (χ4v) is 4.76. The summed E-state index contributed by atoms with van der Waals surface area (Å²) in [6.45, 7) is 0.956. The molecule has 8 heteroatoms. The average Bonchev–Trinajstić information content (AvgIpc) is 3.15. The van der Waals surface area contributed by atoms with Crippen LogP contribution in [0.2, 0.25) is 5.02 Å². The molecule has 0 aliphatic carbocycles. The van der Waals surface area contributed by atoms with E-state index in [4.69, 9.17) is 16.0 Å². The number of nitrogens with one attached hydrogen (secondary N) is 1. The first-order valence-corrected chi connectivity index (χ1v) is 10.4. The van der Waals surface area contributed by atoms with Crippen molar-refractivity contribution in [1.82, 2.24) is 9.62 Å². The molecule has 0 saturated carbocycles. The number of halogens is 1. The van der Waals surface area contributed by atoms with E-state index in [2.05, 4.69) is 5.32 Å². The molecule has 0 spiro atoms. The lowest BCUT2D eigenvalue weighted by Crippen LogP contribution is -2.45. The molecule has 2 heterocycles. The molecule has 1 unspecified atom stereocenters. The maximum absolute atomic E-state index is 12.7. The number of rotatable bonds is 6. The number of furan rings is 1. The number of benzene rings is 1. The zero-order chi connectivity index (χ0) is 18.6. The van der Waals surface area contributed by atoms with Gasteiger partial charge in [0, 0.05) is 18.1 Å². The Bertz CT molecular complexity index is 835. The molecule has 0 bridgehead atoms. The van der Waals surface area contributed by atoms with Gasteiger partial charge in [0.1, 0.15) is 5.76 Å². The maximum atomic E-state index is 12.7. The van der Waals surface area contributed by atoms with E-state index in [9.17, 15) is 13.2 Å². The Kier molecular flexibility index (Phi) is 6.01. The number of amides is 1. The van der Waals surface area contributed by atoms with Crippen molar-refractivity contribution in [3.8, 4) is 0 Å². The fourth-order valence-electron chi connectivity index (χ4n) is 3.02. The Morgan fingerprint density at radius 2 is 2.04 bits per heavy atom. The molecule has 26 heavy (non-hydrogen) atoms. The van der Waals surface area contributed by atoms with Crippen molar-refractivity contribution in [2.45, 2.75) is 25.1 Å². The van der Waals surface area contributed by atoms with Crippen molar-refractivity contribution in [3.63, 3.8) is 0 Å². The van der Waals surface area contributed by atoms with Crippen molar-refractivity contribution in [3.05, 3.63) is 59.0 Å². The standard InChI is InChI=1S/C18H21ClN2O4S/c19-16-7-5-14(6-8-16)13-26(23,24)21-9-1-3-15(12-21)18(22)20-11-17-4-2-10-25-17/h2,4-8,10,15H,1,3,9,11-13H2,(H,20,22). The Hall–Kier alpha value is -1.83. The molecular formula is C18H21ClN2O4S. The SMILES string of the molecule is O=C(NCc1ccco1)C1CCCN(S(=O)(=O)Cc2ccc(Cl)cc2)C1. The molecule has 1 amide bonds. The summed E-state index contributed by atoms with van der Waals surface area (Å²) in [7, 11) is -3.48. The summed E-state index contributed by atoms with van der Waals surface area (Å²) in [4.78, 5) is 12.4. The van der Waals surface area contributed by atoms with Crippen LogP contribution in [-0.2, 0) is 27.1 Å². The van der Waals surface area contributed by atoms with E-state index >= 15 is 0 Å². The lowest BCUT2D eigenvalue weighted by Gasteiger charge is -2.31.